The molecule has 26 heavy (non-hydrogen) atoms. The summed E-state index contributed by atoms with van der Waals surface area (Å²) in [5.74, 6) is 0. The molecule has 2 atom stereocenters. The number of aliphatic hydroxyl groups excluding tert-OH is 2. The Morgan fingerprint density at radius 1 is 0.692 bits per heavy atom. The summed E-state index contributed by atoms with van der Waals surface area (Å²) in [5, 5.41) is 18.7. The Balaban J connectivity index is 3.18. The Bertz CT molecular complexity index is 259. The van der Waals surface area contributed by atoms with Crippen molar-refractivity contribution < 1.29 is 24.4 Å². The largest absolute Gasteiger partial charge is 0.394 e. The molecule has 0 aliphatic rings. The molecule has 0 heterocycles. The first-order valence-electron chi connectivity index (χ1n) is 10.7. The van der Waals surface area contributed by atoms with Gasteiger partial charge in [-0.15, -0.1) is 0 Å². The first-order valence-corrected chi connectivity index (χ1v) is 10.7. The van der Waals surface area contributed by atoms with Gasteiger partial charge >= 0.3 is 0 Å². The minimum Gasteiger partial charge on any atom is -0.394 e. The molecule has 0 fully saturated rings. The minimum atomic E-state index is -0.622. The number of rotatable bonds is 21. The second kappa shape index (κ2) is 21.1. The van der Waals surface area contributed by atoms with Gasteiger partial charge in [-0.2, -0.15) is 0 Å². The molecule has 2 N–H and O–H groups in total. The molecule has 0 aliphatic heterocycles. The lowest BCUT2D eigenvalue weighted by molar-refractivity contribution is -0.0586. The van der Waals surface area contributed by atoms with Gasteiger partial charge in [0.05, 0.1) is 26.4 Å². The standard InChI is InChI=1S/C21H44O5/c1-3-4-5-6-7-8-9-10-11-12-13-14-15-25-17-20(23)18-26-19-21(16-22)24-2/h20-23H,3-19H2,1-2H3. The van der Waals surface area contributed by atoms with E-state index in [0.717, 1.165) is 6.42 Å². The van der Waals surface area contributed by atoms with Gasteiger partial charge in [0.1, 0.15) is 12.2 Å². The van der Waals surface area contributed by atoms with E-state index in [1.54, 1.807) is 0 Å². The highest BCUT2D eigenvalue weighted by Gasteiger charge is 2.08. The van der Waals surface area contributed by atoms with Gasteiger partial charge in [0.25, 0.3) is 0 Å². The van der Waals surface area contributed by atoms with E-state index < -0.39 is 6.10 Å². The molecule has 0 aromatic carbocycles. The summed E-state index contributed by atoms with van der Waals surface area (Å²) in [5.41, 5.74) is 0. The SMILES string of the molecule is CCCCCCCCCCCCCCOCC(O)COCC(CO)OC. The number of ether oxygens (including phenoxy) is 3. The van der Waals surface area contributed by atoms with Crippen molar-refractivity contribution in [1.82, 2.24) is 0 Å². The highest BCUT2D eigenvalue weighted by Crippen LogP contribution is 2.11. The molecule has 158 valence electrons. The van der Waals surface area contributed by atoms with E-state index >= 15 is 0 Å². The van der Waals surface area contributed by atoms with Gasteiger partial charge in [0.15, 0.2) is 0 Å². The van der Waals surface area contributed by atoms with Crippen molar-refractivity contribution in [3.8, 4) is 0 Å². The second-order valence-corrected chi connectivity index (χ2v) is 7.20. The molecule has 0 radical (unpaired) electrons. The third-order valence-electron chi connectivity index (χ3n) is 4.60. The van der Waals surface area contributed by atoms with Crippen LogP contribution in [0.3, 0.4) is 0 Å². The van der Waals surface area contributed by atoms with Crippen LogP contribution in [0.25, 0.3) is 0 Å². The van der Waals surface area contributed by atoms with Crippen LogP contribution < -0.4 is 0 Å². The summed E-state index contributed by atoms with van der Waals surface area (Å²) in [6.07, 6.45) is 15.0. The second-order valence-electron chi connectivity index (χ2n) is 7.20. The first-order chi connectivity index (χ1) is 12.7. The molecular formula is C21H44O5. The van der Waals surface area contributed by atoms with E-state index in [0.29, 0.717) is 13.2 Å². The zero-order chi connectivity index (χ0) is 19.3. The van der Waals surface area contributed by atoms with E-state index in [2.05, 4.69) is 6.92 Å². The van der Waals surface area contributed by atoms with E-state index in [1.807, 2.05) is 0 Å². The maximum Gasteiger partial charge on any atom is 0.103 e. The van der Waals surface area contributed by atoms with Crippen molar-refractivity contribution in [2.45, 2.75) is 96.2 Å². The Kier molecular flexibility index (Phi) is 20.9. The molecule has 0 spiro atoms. The molecule has 0 aromatic rings. The van der Waals surface area contributed by atoms with E-state index in [4.69, 9.17) is 19.3 Å². The number of unbranched alkanes of at least 4 members (excludes halogenated alkanes) is 11. The van der Waals surface area contributed by atoms with E-state index in [1.165, 1.54) is 77.7 Å². The van der Waals surface area contributed by atoms with Crippen LogP contribution in [0, 0.1) is 0 Å². The van der Waals surface area contributed by atoms with Crippen LogP contribution in [0.2, 0.25) is 0 Å². The predicted octanol–water partition coefficient (Wildman–Crippen LogP) is 4.09. The van der Waals surface area contributed by atoms with Gasteiger partial charge in [0.2, 0.25) is 0 Å². The Hall–Kier alpha value is -0.200. The summed E-state index contributed by atoms with van der Waals surface area (Å²) in [6, 6.07) is 0. The van der Waals surface area contributed by atoms with Crippen LogP contribution in [0.5, 0.6) is 0 Å². The lowest BCUT2D eigenvalue weighted by atomic mass is 10.1. The maximum atomic E-state index is 9.75. The molecule has 0 aliphatic carbocycles. The molecule has 2 unspecified atom stereocenters. The van der Waals surface area contributed by atoms with Crippen molar-refractivity contribution in [2.75, 3.05) is 40.1 Å². The van der Waals surface area contributed by atoms with Crippen molar-refractivity contribution in [2.24, 2.45) is 0 Å². The average Bonchev–Trinajstić information content (AvgIpc) is 2.65. The van der Waals surface area contributed by atoms with Gasteiger partial charge in [-0.05, 0) is 6.42 Å². The predicted molar refractivity (Wildman–Crippen MR) is 107 cm³/mol. The Labute approximate surface area is 161 Å². The maximum absolute atomic E-state index is 9.75. The molecule has 0 saturated carbocycles. The van der Waals surface area contributed by atoms with Crippen molar-refractivity contribution >= 4 is 0 Å². The lowest BCUT2D eigenvalue weighted by Gasteiger charge is -2.15. The van der Waals surface area contributed by atoms with E-state index in [9.17, 15) is 5.11 Å². The van der Waals surface area contributed by atoms with Gasteiger partial charge in [-0.1, -0.05) is 77.6 Å². The van der Waals surface area contributed by atoms with Gasteiger partial charge < -0.3 is 24.4 Å². The fraction of sp³-hybridized carbons (Fsp3) is 1.00. The summed E-state index contributed by atoms with van der Waals surface area (Å²) in [4.78, 5) is 0. The molecule has 0 amide bonds. The first kappa shape index (κ1) is 25.8. The molecule has 0 rings (SSSR count). The highest BCUT2D eigenvalue weighted by atomic mass is 16.5. The molecular weight excluding hydrogens is 332 g/mol. The number of aliphatic hydroxyl groups is 2. The number of methoxy groups -OCH3 is 1. The molecule has 0 aromatic heterocycles. The topological polar surface area (TPSA) is 68.2 Å². The normalized spacial score (nSPS) is 13.8. The molecule has 5 nitrogen and oxygen atoms in total. The zero-order valence-corrected chi connectivity index (χ0v) is 17.3. The molecule has 0 saturated heterocycles. The summed E-state index contributed by atoms with van der Waals surface area (Å²) >= 11 is 0. The van der Waals surface area contributed by atoms with Crippen LogP contribution in [0.4, 0.5) is 0 Å². The van der Waals surface area contributed by atoms with Crippen LogP contribution >= 0.6 is 0 Å². The lowest BCUT2D eigenvalue weighted by Crippen LogP contribution is -2.27. The van der Waals surface area contributed by atoms with Gasteiger partial charge in [0, 0.05) is 13.7 Å². The van der Waals surface area contributed by atoms with Crippen LogP contribution in [-0.4, -0.2) is 62.6 Å². The van der Waals surface area contributed by atoms with Gasteiger partial charge in [-0.3, -0.25) is 0 Å². The van der Waals surface area contributed by atoms with Crippen molar-refractivity contribution in [3.63, 3.8) is 0 Å². The number of hydrogen-bond donors (Lipinski definition) is 2. The zero-order valence-electron chi connectivity index (χ0n) is 17.3. The Morgan fingerprint density at radius 3 is 1.69 bits per heavy atom. The van der Waals surface area contributed by atoms with Crippen LogP contribution in [0.1, 0.15) is 84.0 Å². The smallest absolute Gasteiger partial charge is 0.103 e. The fourth-order valence-electron chi connectivity index (χ4n) is 2.84. The summed E-state index contributed by atoms with van der Waals surface area (Å²) < 4.78 is 15.8. The van der Waals surface area contributed by atoms with E-state index in [-0.39, 0.29) is 25.9 Å². The third kappa shape index (κ3) is 18.6. The quantitative estimate of drug-likeness (QED) is 0.295. The van der Waals surface area contributed by atoms with Crippen LogP contribution in [-0.2, 0) is 14.2 Å². The summed E-state index contributed by atoms with van der Waals surface area (Å²) in [6.45, 7) is 3.67. The summed E-state index contributed by atoms with van der Waals surface area (Å²) in [7, 11) is 1.53. The van der Waals surface area contributed by atoms with Gasteiger partial charge in [-0.25, -0.2) is 0 Å². The van der Waals surface area contributed by atoms with Crippen molar-refractivity contribution in [3.05, 3.63) is 0 Å². The third-order valence-corrected chi connectivity index (χ3v) is 4.60. The molecule has 0 bridgehead atoms. The average molecular weight is 377 g/mol. The Morgan fingerprint density at radius 2 is 1.19 bits per heavy atom. The fourth-order valence-corrected chi connectivity index (χ4v) is 2.84. The minimum absolute atomic E-state index is 0.0813. The highest BCUT2D eigenvalue weighted by molar-refractivity contribution is 4.56. The number of hydrogen-bond acceptors (Lipinski definition) is 5. The van der Waals surface area contributed by atoms with Crippen LogP contribution in [0.15, 0.2) is 0 Å². The monoisotopic (exact) mass is 376 g/mol. The molecule has 5 heteroatoms. The van der Waals surface area contributed by atoms with Crippen molar-refractivity contribution in [1.29, 1.82) is 0 Å².